The Kier molecular flexibility index (Phi) is 5.32. The number of nitro benzene ring substituents is 1. The van der Waals surface area contributed by atoms with Gasteiger partial charge in [-0.1, -0.05) is 30.3 Å². The Hall–Kier alpha value is -4.26. The number of imide groups is 1. The van der Waals surface area contributed by atoms with Crippen molar-refractivity contribution >= 4 is 34.4 Å². The summed E-state index contributed by atoms with van der Waals surface area (Å²) in [5.74, 6) is -0.904. The average Bonchev–Trinajstić information content (AvgIpc) is 3.05. The van der Waals surface area contributed by atoms with E-state index in [0.717, 1.165) is 16.8 Å². The van der Waals surface area contributed by atoms with Crippen LogP contribution in [0.3, 0.4) is 0 Å². The van der Waals surface area contributed by atoms with Crippen molar-refractivity contribution in [2.75, 3.05) is 16.8 Å². The highest BCUT2D eigenvalue weighted by molar-refractivity contribution is 6.46. The minimum absolute atomic E-state index is 0.0875. The van der Waals surface area contributed by atoms with Crippen molar-refractivity contribution in [1.82, 2.24) is 0 Å². The van der Waals surface area contributed by atoms with Gasteiger partial charge < -0.3 is 4.90 Å². The summed E-state index contributed by atoms with van der Waals surface area (Å²) in [4.78, 5) is 40.7. The molecular weight excluding hydrogens is 406 g/mol. The Morgan fingerprint density at radius 3 is 2.16 bits per heavy atom. The first-order chi connectivity index (χ1) is 15.3. The standard InChI is InChI=1S/C25H21N3O4/c1-16-9-10-17(2)21(15-16)27-24(29)22(18-11-13-20(14-12-18)28(31)32)23(25(27)30)26(3)19-7-5-4-6-8-19/h4-15H,1-3H3. The van der Waals surface area contributed by atoms with Gasteiger partial charge in [0.25, 0.3) is 17.5 Å². The zero-order valence-electron chi connectivity index (χ0n) is 17.9. The van der Waals surface area contributed by atoms with E-state index in [2.05, 4.69) is 0 Å². The van der Waals surface area contributed by atoms with E-state index in [9.17, 15) is 19.7 Å². The average molecular weight is 427 g/mol. The van der Waals surface area contributed by atoms with Crippen molar-refractivity contribution in [1.29, 1.82) is 0 Å². The van der Waals surface area contributed by atoms with E-state index in [1.807, 2.05) is 62.4 Å². The second-order valence-electron chi connectivity index (χ2n) is 7.66. The first kappa shape index (κ1) is 21.0. The summed E-state index contributed by atoms with van der Waals surface area (Å²) in [6.07, 6.45) is 0. The monoisotopic (exact) mass is 427 g/mol. The number of amides is 2. The van der Waals surface area contributed by atoms with Gasteiger partial charge in [-0.2, -0.15) is 0 Å². The first-order valence-electron chi connectivity index (χ1n) is 10.0. The Bertz CT molecular complexity index is 1260. The van der Waals surface area contributed by atoms with Gasteiger partial charge in [-0.05, 0) is 60.9 Å². The number of nitro groups is 1. The molecule has 0 fully saturated rings. The Balaban J connectivity index is 1.90. The predicted octanol–water partition coefficient (Wildman–Crippen LogP) is 4.63. The molecule has 0 bridgehead atoms. The number of para-hydroxylation sites is 1. The second kappa shape index (κ2) is 8.11. The van der Waals surface area contributed by atoms with Gasteiger partial charge in [0, 0.05) is 24.9 Å². The lowest BCUT2D eigenvalue weighted by molar-refractivity contribution is -0.384. The quantitative estimate of drug-likeness (QED) is 0.337. The molecule has 0 saturated heterocycles. The molecule has 32 heavy (non-hydrogen) atoms. The number of aryl methyl sites for hydroxylation is 2. The number of hydrogen-bond donors (Lipinski definition) is 0. The summed E-state index contributed by atoms with van der Waals surface area (Å²) in [5, 5.41) is 11.1. The van der Waals surface area contributed by atoms with Crippen LogP contribution < -0.4 is 9.80 Å². The number of hydrogen-bond acceptors (Lipinski definition) is 5. The van der Waals surface area contributed by atoms with Crippen molar-refractivity contribution in [3.63, 3.8) is 0 Å². The fraction of sp³-hybridized carbons (Fsp3) is 0.120. The van der Waals surface area contributed by atoms with E-state index in [0.29, 0.717) is 11.3 Å². The number of carbonyl (C=O) groups is 2. The minimum atomic E-state index is -0.501. The highest BCUT2D eigenvalue weighted by atomic mass is 16.6. The van der Waals surface area contributed by atoms with E-state index in [-0.39, 0.29) is 17.0 Å². The normalized spacial score (nSPS) is 13.7. The molecule has 0 aromatic heterocycles. The van der Waals surface area contributed by atoms with Crippen molar-refractivity contribution < 1.29 is 14.5 Å². The van der Waals surface area contributed by atoms with Crippen LogP contribution in [-0.2, 0) is 9.59 Å². The maximum Gasteiger partial charge on any atom is 0.282 e. The Morgan fingerprint density at radius 2 is 1.53 bits per heavy atom. The second-order valence-corrected chi connectivity index (χ2v) is 7.66. The van der Waals surface area contributed by atoms with Gasteiger partial charge in [0.05, 0.1) is 16.2 Å². The predicted molar refractivity (Wildman–Crippen MR) is 123 cm³/mol. The number of anilines is 2. The van der Waals surface area contributed by atoms with Gasteiger partial charge in [-0.15, -0.1) is 0 Å². The summed E-state index contributed by atoms with van der Waals surface area (Å²) >= 11 is 0. The summed E-state index contributed by atoms with van der Waals surface area (Å²) in [6, 6.07) is 20.5. The summed E-state index contributed by atoms with van der Waals surface area (Å²) < 4.78 is 0. The Morgan fingerprint density at radius 1 is 0.875 bits per heavy atom. The lowest BCUT2D eigenvalue weighted by Gasteiger charge is -2.22. The topological polar surface area (TPSA) is 83.8 Å². The molecular formula is C25H21N3O4. The molecule has 4 rings (SSSR count). The fourth-order valence-corrected chi connectivity index (χ4v) is 3.80. The number of benzene rings is 3. The number of carbonyl (C=O) groups excluding carboxylic acids is 2. The molecule has 0 atom stereocenters. The molecule has 0 saturated carbocycles. The van der Waals surface area contributed by atoms with Crippen LogP contribution >= 0.6 is 0 Å². The van der Waals surface area contributed by atoms with Gasteiger partial charge in [0.1, 0.15) is 5.70 Å². The minimum Gasteiger partial charge on any atom is -0.339 e. The third-order valence-corrected chi connectivity index (χ3v) is 5.51. The summed E-state index contributed by atoms with van der Waals surface area (Å²) in [6.45, 7) is 3.75. The van der Waals surface area contributed by atoms with Crippen LogP contribution in [0.25, 0.3) is 5.57 Å². The fourth-order valence-electron chi connectivity index (χ4n) is 3.80. The van der Waals surface area contributed by atoms with E-state index < -0.39 is 16.7 Å². The molecule has 3 aromatic rings. The molecule has 7 heteroatoms. The van der Waals surface area contributed by atoms with Gasteiger partial charge in [-0.3, -0.25) is 19.7 Å². The molecule has 0 radical (unpaired) electrons. The molecule has 0 aliphatic carbocycles. The molecule has 1 aliphatic rings. The lowest BCUT2D eigenvalue weighted by Crippen LogP contribution is -2.34. The van der Waals surface area contributed by atoms with Crippen LogP contribution in [0.5, 0.6) is 0 Å². The first-order valence-corrected chi connectivity index (χ1v) is 10.0. The summed E-state index contributed by atoms with van der Waals surface area (Å²) in [5.41, 5.74) is 3.77. The lowest BCUT2D eigenvalue weighted by atomic mass is 10.0. The SMILES string of the molecule is Cc1ccc(C)c(N2C(=O)C(c3ccc([N+](=O)[O-])cc3)=C(N(C)c3ccccc3)C2=O)c1. The zero-order valence-corrected chi connectivity index (χ0v) is 17.9. The molecule has 1 aliphatic heterocycles. The van der Waals surface area contributed by atoms with Crippen molar-refractivity contribution in [3.8, 4) is 0 Å². The Labute approximate surface area is 185 Å². The molecule has 3 aromatic carbocycles. The highest BCUT2D eigenvalue weighted by Crippen LogP contribution is 2.37. The number of likely N-dealkylation sites (N-methyl/N-ethyl adjacent to an activating group) is 1. The molecule has 0 unspecified atom stereocenters. The molecule has 0 N–H and O–H groups in total. The van der Waals surface area contributed by atoms with E-state index in [1.165, 1.54) is 29.2 Å². The zero-order chi connectivity index (χ0) is 23.0. The van der Waals surface area contributed by atoms with Gasteiger partial charge in [0.2, 0.25) is 0 Å². The maximum atomic E-state index is 13.7. The molecule has 2 amide bonds. The molecule has 7 nitrogen and oxygen atoms in total. The molecule has 0 spiro atoms. The van der Waals surface area contributed by atoms with E-state index in [4.69, 9.17) is 0 Å². The van der Waals surface area contributed by atoms with Crippen LogP contribution in [-0.4, -0.2) is 23.8 Å². The van der Waals surface area contributed by atoms with E-state index in [1.54, 1.807) is 11.9 Å². The van der Waals surface area contributed by atoms with Crippen LogP contribution in [0.1, 0.15) is 16.7 Å². The van der Waals surface area contributed by atoms with Crippen LogP contribution in [0.4, 0.5) is 17.1 Å². The molecule has 1 heterocycles. The number of nitrogens with zero attached hydrogens (tertiary/aromatic N) is 3. The van der Waals surface area contributed by atoms with Crippen LogP contribution in [0.2, 0.25) is 0 Å². The molecule has 160 valence electrons. The number of rotatable bonds is 5. The third kappa shape index (κ3) is 3.54. The van der Waals surface area contributed by atoms with Crippen molar-refractivity contribution in [2.24, 2.45) is 0 Å². The number of non-ortho nitro benzene ring substituents is 1. The third-order valence-electron chi connectivity index (χ3n) is 5.51. The smallest absolute Gasteiger partial charge is 0.282 e. The van der Waals surface area contributed by atoms with Crippen LogP contribution in [0, 0.1) is 24.0 Å². The summed E-state index contributed by atoms with van der Waals surface area (Å²) in [7, 11) is 1.73. The van der Waals surface area contributed by atoms with E-state index >= 15 is 0 Å². The maximum absolute atomic E-state index is 13.7. The van der Waals surface area contributed by atoms with Gasteiger partial charge in [0.15, 0.2) is 0 Å². The largest absolute Gasteiger partial charge is 0.339 e. The van der Waals surface area contributed by atoms with Crippen LogP contribution in [0.15, 0.2) is 78.5 Å². The van der Waals surface area contributed by atoms with Crippen molar-refractivity contribution in [3.05, 3.63) is 105 Å². The highest BCUT2D eigenvalue weighted by Gasteiger charge is 2.42. The van der Waals surface area contributed by atoms with Gasteiger partial charge >= 0.3 is 0 Å². The van der Waals surface area contributed by atoms with Crippen molar-refractivity contribution in [2.45, 2.75) is 13.8 Å². The van der Waals surface area contributed by atoms with Gasteiger partial charge in [-0.25, -0.2) is 4.90 Å².